The minimum atomic E-state index is -0.464. The Hall–Kier alpha value is -2.00. The van der Waals surface area contributed by atoms with Crippen LogP contribution in [0.15, 0.2) is 54.6 Å². The van der Waals surface area contributed by atoms with E-state index in [2.05, 4.69) is 17.6 Å². The largest absolute Gasteiger partial charge is 0.393 e. The lowest BCUT2D eigenvalue weighted by molar-refractivity contribution is 0.208. The molecule has 2 rings (SSSR count). The lowest BCUT2D eigenvalue weighted by Gasteiger charge is -2.10. The number of anilines is 3. The number of rotatable bonds is 7. The maximum Gasteiger partial charge on any atom is 0.0541 e. The van der Waals surface area contributed by atoms with E-state index in [0.29, 0.717) is 0 Å². The molecule has 0 bridgehead atoms. The predicted octanol–water partition coefficient (Wildman–Crippen LogP) is 3.82. The maximum atomic E-state index is 9.08. The standard InChI is InChI=1S/C17H21N2O/c1-14(20)6-5-13-18-15-9-11-17(12-10-15)19-16-7-3-2-4-8-16/h2-4,7-12,14,18-20H,1,5-6,13H2. The molecule has 0 amide bonds. The molecule has 0 saturated carbocycles. The molecule has 105 valence electrons. The highest BCUT2D eigenvalue weighted by Crippen LogP contribution is 2.18. The van der Waals surface area contributed by atoms with Crippen LogP contribution in [0, 0.1) is 6.92 Å². The van der Waals surface area contributed by atoms with Gasteiger partial charge in [0.1, 0.15) is 0 Å². The summed E-state index contributed by atoms with van der Waals surface area (Å²) < 4.78 is 0. The minimum Gasteiger partial charge on any atom is -0.393 e. The van der Waals surface area contributed by atoms with Gasteiger partial charge in [0.15, 0.2) is 0 Å². The predicted molar refractivity (Wildman–Crippen MR) is 85.3 cm³/mol. The summed E-state index contributed by atoms with van der Waals surface area (Å²) in [6, 6.07) is 18.3. The second-order valence-electron chi connectivity index (χ2n) is 4.79. The zero-order valence-corrected chi connectivity index (χ0v) is 11.5. The molecular weight excluding hydrogens is 248 g/mol. The number of nitrogens with one attached hydrogen (secondary N) is 2. The average Bonchev–Trinajstić information content (AvgIpc) is 2.46. The van der Waals surface area contributed by atoms with Gasteiger partial charge in [-0.1, -0.05) is 18.2 Å². The van der Waals surface area contributed by atoms with Crippen LogP contribution < -0.4 is 10.6 Å². The number of hydrogen-bond acceptors (Lipinski definition) is 3. The van der Waals surface area contributed by atoms with Crippen molar-refractivity contribution in [2.45, 2.75) is 18.9 Å². The second-order valence-corrected chi connectivity index (χ2v) is 4.79. The Morgan fingerprint density at radius 2 is 1.50 bits per heavy atom. The van der Waals surface area contributed by atoms with Crippen LogP contribution in [0.25, 0.3) is 0 Å². The van der Waals surface area contributed by atoms with Gasteiger partial charge in [-0.05, 0) is 56.2 Å². The molecule has 0 aromatic heterocycles. The summed E-state index contributed by atoms with van der Waals surface area (Å²) in [7, 11) is 0. The molecular formula is C17H21N2O. The molecule has 0 fully saturated rings. The number of para-hydroxylation sites is 1. The van der Waals surface area contributed by atoms with Crippen LogP contribution in [0.5, 0.6) is 0 Å². The van der Waals surface area contributed by atoms with Gasteiger partial charge in [0, 0.05) is 23.6 Å². The van der Waals surface area contributed by atoms with Crippen LogP contribution in [0.3, 0.4) is 0 Å². The number of aliphatic hydroxyl groups excluding tert-OH is 1. The summed E-state index contributed by atoms with van der Waals surface area (Å²) in [6.45, 7) is 4.40. The summed E-state index contributed by atoms with van der Waals surface area (Å²) in [4.78, 5) is 0. The number of aliphatic hydroxyl groups is 1. The van der Waals surface area contributed by atoms with Crippen molar-refractivity contribution in [3.05, 3.63) is 61.5 Å². The van der Waals surface area contributed by atoms with Crippen LogP contribution in [0.1, 0.15) is 12.8 Å². The fourth-order valence-corrected chi connectivity index (χ4v) is 1.93. The summed E-state index contributed by atoms with van der Waals surface area (Å²) in [5.74, 6) is 0. The molecule has 1 unspecified atom stereocenters. The van der Waals surface area contributed by atoms with E-state index < -0.39 is 6.10 Å². The van der Waals surface area contributed by atoms with Gasteiger partial charge < -0.3 is 15.7 Å². The molecule has 0 aliphatic heterocycles. The van der Waals surface area contributed by atoms with Crippen molar-refractivity contribution in [2.75, 3.05) is 17.2 Å². The molecule has 2 aromatic carbocycles. The highest BCUT2D eigenvalue weighted by atomic mass is 16.3. The highest BCUT2D eigenvalue weighted by Gasteiger charge is 1.97. The van der Waals surface area contributed by atoms with Crippen LogP contribution in [-0.2, 0) is 0 Å². The van der Waals surface area contributed by atoms with E-state index in [1.807, 2.05) is 54.6 Å². The third-order valence-electron chi connectivity index (χ3n) is 2.99. The molecule has 3 N–H and O–H groups in total. The van der Waals surface area contributed by atoms with E-state index >= 15 is 0 Å². The van der Waals surface area contributed by atoms with Crippen molar-refractivity contribution < 1.29 is 5.11 Å². The van der Waals surface area contributed by atoms with E-state index in [9.17, 15) is 0 Å². The Labute approximate surface area is 120 Å². The molecule has 2 aromatic rings. The average molecular weight is 269 g/mol. The topological polar surface area (TPSA) is 44.3 Å². The SMILES string of the molecule is [CH2]C(O)CCCNc1ccc(Nc2ccccc2)cc1. The molecule has 0 saturated heterocycles. The maximum absolute atomic E-state index is 9.08. The van der Waals surface area contributed by atoms with Gasteiger partial charge in [-0.3, -0.25) is 0 Å². The van der Waals surface area contributed by atoms with Crippen molar-refractivity contribution in [1.29, 1.82) is 0 Å². The van der Waals surface area contributed by atoms with Gasteiger partial charge in [-0.25, -0.2) is 0 Å². The van der Waals surface area contributed by atoms with Crippen LogP contribution >= 0.6 is 0 Å². The first kappa shape index (κ1) is 14.4. The van der Waals surface area contributed by atoms with Gasteiger partial charge in [0.05, 0.1) is 6.10 Å². The van der Waals surface area contributed by atoms with E-state index in [4.69, 9.17) is 5.11 Å². The third kappa shape index (κ3) is 4.94. The molecule has 1 atom stereocenters. The van der Waals surface area contributed by atoms with Crippen LogP contribution in [0.4, 0.5) is 17.1 Å². The van der Waals surface area contributed by atoms with Gasteiger partial charge in [-0.2, -0.15) is 0 Å². The lowest BCUT2D eigenvalue weighted by atomic mass is 10.2. The van der Waals surface area contributed by atoms with Crippen molar-refractivity contribution >= 4 is 17.1 Å². The molecule has 1 radical (unpaired) electrons. The van der Waals surface area contributed by atoms with E-state index in [0.717, 1.165) is 36.4 Å². The summed E-state index contributed by atoms with van der Waals surface area (Å²) in [5, 5.41) is 15.7. The number of benzene rings is 2. The first-order valence-corrected chi connectivity index (χ1v) is 6.91. The van der Waals surface area contributed by atoms with Crippen molar-refractivity contribution in [3.63, 3.8) is 0 Å². The summed E-state index contributed by atoms with van der Waals surface area (Å²) in [6.07, 6.45) is 1.17. The fourth-order valence-electron chi connectivity index (χ4n) is 1.93. The summed E-state index contributed by atoms with van der Waals surface area (Å²) >= 11 is 0. The monoisotopic (exact) mass is 269 g/mol. The molecule has 0 aliphatic carbocycles. The lowest BCUT2D eigenvalue weighted by Crippen LogP contribution is -2.06. The molecule has 20 heavy (non-hydrogen) atoms. The van der Waals surface area contributed by atoms with E-state index in [1.165, 1.54) is 0 Å². The Kier molecular flexibility index (Phi) is 5.44. The van der Waals surface area contributed by atoms with Gasteiger partial charge in [-0.15, -0.1) is 0 Å². The quantitative estimate of drug-likeness (QED) is 0.670. The molecule has 0 spiro atoms. The van der Waals surface area contributed by atoms with Gasteiger partial charge in [0.2, 0.25) is 0 Å². The van der Waals surface area contributed by atoms with Crippen LogP contribution in [0.2, 0.25) is 0 Å². The molecule has 0 aliphatic rings. The number of hydrogen-bond donors (Lipinski definition) is 3. The van der Waals surface area contributed by atoms with E-state index in [-0.39, 0.29) is 0 Å². The van der Waals surface area contributed by atoms with Crippen molar-refractivity contribution in [3.8, 4) is 0 Å². The van der Waals surface area contributed by atoms with E-state index in [1.54, 1.807) is 0 Å². The van der Waals surface area contributed by atoms with Gasteiger partial charge in [0.25, 0.3) is 0 Å². The highest BCUT2D eigenvalue weighted by molar-refractivity contribution is 5.62. The third-order valence-corrected chi connectivity index (χ3v) is 2.99. The first-order chi connectivity index (χ1) is 9.74. The zero-order chi connectivity index (χ0) is 14.2. The second kappa shape index (κ2) is 7.56. The molecule has 3 heteroatoms. The van der Waals surface area contributed by atoms with Gasteiger partial charge >= 0.3 is 0 Å². The zero-order valence-electron chi connectivity index (χ0n) is 11.5. The normalized spacial score (nSPS) is 11.9. The molecule has 3 nitrogen and oxygen atoms in total. The fraction of sp³-hybridized carbons (Fsp3) is 0.235. The Morgan fingerprint density at radius 3 is 2.15 bits per heavy atom. The Balaban J connectivity index is 1.81. The Bertz CT molecular complexity index is 494. The first-order valence-electron chi connectivity index (χ1n) is 6.91. The van der Waals surface area contributed by atoms with Crippen LogP contribution in [-0.4, -0.2) is 17.8 Å². The Morgan fingerprint density at radius 1 is 0.900 bits per heavy atom. The minimum absolute atomic E-state index is 0.464. The van der Waals surface area contributed by atoms with Crippen molar-refractivity contribution in [2.24, 2.45) is 0 Å². The smallest absolute Gasteiger partial charge is 0.0541 e. The van der Waals surface area contributed by atoms with Crippen molar-refractivity contribution in [1.82, 2.24) is 0 Å². The molecule has 0 heterocycles. The summed E-state index contributed by atoms with van der Waals surface area (Å²) in [5.41, 5.74) is 3.23.